The van der Waals surface area contributed by atoms with Crippen molar-refractivity contribution < 1.29 is 32.9 Å². The maximum Gasteiger partial charge on any atom is 0.417 e. The first-order valence-electron chi connectivity index (χ1n) is 11.7. The number of rotatable bonds is 9. The number of methoxy groups -OCH3 is 2. The molecular weight excluding hydrogens is 502 g/mol. The van der Waals surface area contributed by atoms with Gasteiger partial charge in [-0.2, -0.15) is 13.8 Å². The van der Waals surface area contributed by atoms with Gasteiger partial charge in [-0.25, -0.2) is 14.7 Å². The van der Waals surface area contributed by atoms with E-state index in [1.807, 2.05) is 11.9 Å². The average Bonchev–Trinajstić information content (AvgIpc) is 2.89. The van der Waals surface area contributed by atoms with Gasteiger partial charge in [0.05, 0.1) is 25.6 Å². The van der Waals surface area contributed by atoms with Gasteiger partial charge in [-0.05, 0) is 31.3 Å². The fourth-order valence-corrected chi connectivity index (χ4v) is 4.05. The number of nitrogens with zero attached hydrogens (tertiary/aromatic N) is 5. The Balaban J connectivity index is 1.62. The van der Waals surface area contributed by atoms with Gasteiger partial charge in [0.25, 0.3) is 0 Å². The van der Waals surface area contributed by atoms with Crippen LogP contribution in [0.4, 0.5) is 42.4 Å². The van der Waals surface area contributed by atoms with E-state index in [2.05, 4.69) is 20.2 Å². The normalized spacial score (nSPS) is 13.8. The number of piperazine rings is 1. The van der Waals surface area contributed by atoms with Crippen LogP contribution >= 0.6 is 0 Å². The van der Waals surface area contributed by atoms with Gasteiger partial charge in [-0.1, -0.05) is 0 Å². The van der Waals surface area contributed by atoms with Gasteiger partial charge in [0.2, 0.25) is 5.95 Å². The number of benzene rings is 2. The molecule has 2 heterocycles. The predicted molar refractivity (Wildman–Crippen MR) is 138 cm³/mol. The molecular formula is C25H28F2N6O5. The Morgan fingerprint density at radius 2 is 1.82 bits per heavy atom. The average molecular weight is 531 g/mol. The predicted octanol–water partition coefficient (Wildman–Crippen LogP) is 4.41. The lowest BCUT2D eigenvalue weighted by molar-refractivity contribution is -0.0495. The molecule has 38 heavy (non-hydrogen) atoms. The van der Waals surface area contributed by atoms with Gasteiger partial charge < -0.3 is 34.4 Å². The van der Waals surface area contributed by atoms with Gasteiger partial charge in [0.1, 0.15) is 17.3 Å². The van der Waals surface area contributed by atoms with E-state index in [9.17, 15) is 18.7 Å². The molecule has 13 heteroatoms. The highest BCUT2D eigenvalue weighted by Gasteiger charge is 2.24. The molecule has 0 radical (unpaired) electrons. The zero-order valence-electron chi connectivity index (χ0n) is 21.1. The molecule has 4 rings (SSSR count). The van der Waals surface area contributed by atoms with Crippen LogP contribution in [0.2, 0.25) is 0 Å². The number of aromatic nitrogens is 2. The molecule has 11 nitrogen and oxygen atoms in total. The van der Waals surface area contributed by atoms with Gasteiger partial charge in [-0.15, -0.1) is 0 Å². The van der Waals surface area contributed by atoms with Crippen molar-refractivity contribution >= 4 is 34.9 Å². The molecule has 2 N–H and O–H groups in total. The standard InChI is InChI=1S/C25H28F2N6O5/c1-31-10-12-32(13-11-31)18-6-4-16(14-21(18)38-23(26)27)29-24-28-9-8-22(30-24)33(25(34)35)19-7-5-17(36-2)15-20(19)37-3/h4-9,14-15,23H,10-13H2,1-3H3,(H,34,35)(H,28,29,30). The summed E-state index contributed by atoms with van der Waals surface area (Å²) in [7, 11) is 4.91. The first kappa shape index (κ1) is 26.7. The number of amides is 1. The Morgan fingerprint density at radius 3 is 2.47 bits per heavy atom. The van der Waals surface area contributed by atoms with E-state index in [1.165, 1.54) is 38.6 Å². The van der Waals surface area contributed by atoms with E-state index in [0.29, 0.717) is 30.2 Å². The van der Waals surface area contributed by atoms with Crippen molar-refractivity contribution in [3.05, 3.63) is 48.7 Å². The minimum Gasteiger partial charge on any atom is -0.497 e. The molecule has 1 aliphatic rings. The van der Waals surface area contributed by atoms with Crippen LogP contribution in [-0.2, 0) is 0 Å². The fourth-order valence-electron chi connectivity index (χ4n) is 4.05. The molecule has 0 bridgehead atoms. The van der Waals surface area contributed by atoms with Crippen molar-refractivity contribution in [2.75, 3.05) is 62.6 Å². The summed E-state index contributed by atoms with van der Waals surface area (Å²) in [5.74, 6) is 0.852. The second-order valence-electron chi connectivity index (χ2n) is 8.37. The van der Waals surface area contributed by atoms with Crippen LogP contribution in [0.5, 0.6) is 17.2 Å². The van der Waals surface area contributed by atoms with Crippen molar-refractivity contribution in [2.24, 2.45) is 0 Å². The number of ether oxygens (including phenoxy) is 3. The summed E-state index contributed by atoms with van der Waals surface area (Å²) >= 11 is 0. The van der Waals surface area contributed by atoms with Gasteiger partial charge in [-0.3, -0.25) is 0 Å². The van der Waals surface area contributed by atoms with Crippen LogP contribution < -0.4 is 29.3 Å². The number of hydrogen-bond donors (Lipinski definition) is 2. The molecule has 0 unspecified atom stereocenters. The van der Waals surface area contributed by atoms with Crippen molar-refractivity contribution in [3.8, 4) is 17.2 Å². The summed E-state index contributed by atoms with van der Waals surface area (Å²) in [6.45, 7) is -0.0525. The van der Waals surface area contributed by atoms with Crippen LogP contribution in [0.15, 0.2) is 48.7 Å². The smallest absolute Gasteiger partial charge is 0.417 e. The Bertz CT molecular complexity index is 1270. The summed E-state index contributed by atoms with van der Waals surface area (Å²) in [6.07, 6.45) is 0.0773. The number of alkyl halides is 2. The second-order valence-corrected chi connectivity index (χ2v) is 8.37. The molecule has 0 aliphatic carbocycles. The Labute approximate surface area is 218 Å². The third-order valence-corrected chi connectivity index (χ3v) is 5.97. The number of nitrogens with one attached hydrogen (secondary N) is 1. The van der Waals surface area contributed by atoms with Crippen LogP contribution in [0.1, 0.15) is 0 Å². The van der Waals surface area contributed by atoms with E-state index in [-0.39, 0.29) is 29.0 Å². The Kier molecular flexibility index (Phi) is 8.26. The van der Waals surface area contributed by atoms with E-state index in [1.54, 1.807) is 24.3 Å². The van der Waals surface area contributed by atoms with Gasteiger partial charge in [0.15, 0.2) is 5.75 Å². The number of anilines is 5. The molecule has 2 aromatic carbocycles. The number of hydrogen-bond acceptors (Lipinski definition) is 9. The maximum atomic E-state index is 13.2. The SMILES string of the molecule is COc1ccc(N(C(=O)O)c2ccnc(Nc3ccc(N4CCN(C)CC4)c(OC(F)F)c3)n2)c(OC)c1. The summed E-state index contributed by atoms with van der Waals surface area (Å²) in [4.78, 5) is 25.8. The van der Waals surface area contributed by atoms with Gasteiger partial charge in [0, 0.05) is 56.3 Å². The quantitative estimate of drug-likeness (QED) is 0.413. The zero-order valence-corrected chi connectivity index (χ0v) is 21.1. The second kappa shape index (κ2) is 11.8. The van der Waals surface area contributed by atoms with E-state index >= 15 is 0 Å². The molecule has 1 aliphatic heterocycles. The molecule has 0 spiro atoms. The molecule has 1 saturated heterocycles. The number of halogens is 2. The lowest BCUT2D eigenvalue weighted by atomic mass is 10.2. The van der Waals surface area contributed by atoms with E-state index in [4.69, 9.17) is 14.2 Å². The highest BCUT2D eigenvalue weighted by Crippen LogP contribution is 2.37. The minimum absolute atomic E-state index is 0.0147. The monoisotopic (exact) mass is 530 g/mol. The van der Waals surface area contributed by atoms with Crippen molar-refractivity contribution in [1.82, 2.24) is 14.9 Å². The third-order valence-electron chi connectivity index (χ3n) is 5.97. The molecule has 1 fully saturated rings. The Hall–Kier alpha value is -4.39. The molecule has 1 amide bonds. The maximum absolute atomic E-state index is 13.2. The van der Waals surface area contributed by atoms with Crippen LogP contribution in [0, 0.1) is 0 Å². The van der Waals surface area contributed by atoms with Crippen molar-refractivity contribution in [1.29, 1.82) is 0 Å². The fraction of sp³-hybridized carbons (Fsp3) is 0.320. The van der Waals surface area contributed by atoms with Gasteiger partial charge >= 0.3 is 12.7 Å². The summed E-state index contributed by atoms with van der Waals surface area (Å²) in [5.41, 5.74) is 1.16. The van der Waals surface area contributed by atoms with Crippen LogP contribution in [0.25, 0.3) is 0 Å². The van der Waals surface area contributed by atoms with Crippen molar-refractivity contribution in [3.63, 3.8) is 0 Å². The minimum atomic E-state index is -3.00. The summed E-state index contributed by atoms with van der Waals surface area (Å²) < 4.78 is 41.8. The zero-order chi connectivity index (χ0) is 27.2. The highest BCUT2D eigenvalue weighted by molar-refractivity contribution is 5.95. The van der Waals surface area contributed by atoms with E-state index in [0.717, 1.165) is 18.0 Å². The molecule has 0 saturated carbocycles. The molecule has 0 atom stereocenters. The number of carbonyl (C=O) groups is 1. The van der Waals surface area contributed by atoms with Crippen LogP contribution in [0.3, 0.4) is 0 Å². The third kappa shape index (κ3) is 6.11. The summed E-state index contributed by atoms with van der Waals surface area (Å²) in [5, 5.41) is 12.9. The first-order valence-corrected chi connectivity index (χ1v) is 11.7. The topological polar surface area (TPSA) is 113 Å². The lowest BCUT2D eigenvalue weighted by Gasteiger charge is -2.34. The van der Waals surface area contributed by atoms with E-state index < -0.39 is 12.7 Å². The molecule has 3 aromatic rings. The number of carboxylic acid groups (broad SMARTS) is 1. The first-order chi connectivity index (χ1) is 18.3. The lowest BCUT2D eigenvalue weighted by Crippen LogP contribution is -2.44. The summed E-state index contributed by atoms with van der Waals surface area (Å²) in [6, 6.07) is 10.9. The van der Waals surface area contributed by atoms with Crippen LogP contribution in [-0.4, -0.2) is 80.1 Å². The van der Waals surface area contributed by atoms with Crippen molar-refractivity contribution in [2.45, 2.75) is 6.61 Å². The molecule has 202 valence electrons. The molecule has 1 aromatic heterocycles. The highest BCUT2D eigenvalue weighted by atomic mass is 19.3. The number of likely N-dealkylation sites (N-methyl/N-ethyl adjacent to an activating group) is 1. The Morgan fingerprint density at radius 1 is 1.05 bits per heavy atom. The largest absolute Gasteiger partial charge is 0.497 e.